The van der Waals surface area contributed by atoms with E-state index in [1.165, 1.54) is 12.1 Å². The molecule has 0 radical (unpaired) electrons. The highest BCUT2D eigenvalue weighted by Gasteiger charge is 2.32. The van der Waals surface area contributed by atoms with E-state index < -0.39 is 5.92 Å². The molecule has 1 aromatic carbocycles. The number of aryl methyl sites for hydroxylation is 1. The number of aromatic nitrogens is 1. The first-order valence-corrected chi connectivity index (χ1v) is 10.3. The molecule has 1 aliphatic heterocycles. The lowest BCUT2D eigenvalue weighted by Gasteiger charge is -2.19. The number of anilines is 1. The molecular weight excluding hydrogens is 367 g/mol. The smallest absolute Gasteiger partial charge is 0.232 e. The lowest BCUT2D eigenvalue weighted by Crippen LogP contribution is -2.31. The van der Waals surface area contributed by atoms with E-state index in [0.29, 0.717) is 12.1 Å². The summed E-state index contributed by atoms with van der Waals surface area (Å²) in [6, 6.07) is 4.46. The van der Waals surface area contributed by atoms with Crippen LogP contribution in [0.2, 0.25) is 0 Å². The molecule has 1 unspecified atom stereocenters. The van der Waals surface area contributed by atoms with Crippen LogP contribution in [0.25, 0.3) is 5.70 Å². The predicted octanol–water partition coefficient (Wildman–Crippen LogP) is 3.95. The SMILES string of the molecule is C=C(NCCN(CC)CC)c1c(C)[nH]c(CC2C(=O)Nc3ccc(F)cc32)c1C. The summed E-state index contributed by atoms with van der Waals surface area (Å²) < 4.78 is 13.7. The first-order valence-electron chi connectivity index (χ1n) is 10.3. The van der Waals surface area contributed by atoms with Crippen LogP contribution in [-0.4, -0.2) is 42.0 Å². The van der Waals surface area contributed by atoms with Crippen LogP contribution in [0, 0.1) is 19.7 Å². The Kier molecular flexibility index (Phi) is 6.42. The number of halogens is 1. The van der Waals surface area contributed by atoms with Crippen molar-refractivity contribution >= 4 is 17.3 Å². The van der Waals surface area contributed by atoms with Crippen molar-refractivity contribution in [3.8, 4) is 0 Å². The topological polar surface area (TPSA) is 60.2 Å². The van der Waals surface area contributed by atoms with Crippen molar-refractivity contribution in [2.24, 2.45) is 0 Å². The molecule has 0 spiro atoms. The number of aromatic amines is 1. The van der Waals surface area contributed by atoms with Gasteiger partial charge >= 0.3 is 0 Å². The maximum absolute atomic E-state index is 13.7. The highest BCUT2D eigenvalue weighted by Crippen LogP contribution is 2.36. The molecular formula is C23H31FN4O. The van der Waals surface area contributed by atoms with Crippen molar-refractivity contribution in [1.82, 2.24) is 15.2 Å². The molecule has 156 valence electrons. The van der Waals surface area contributed by atoms with Gasteiger partial charge in [-0.05, 0) is 56.3 Å². The van der Waals surface area contributed by atoms with E-state index >= 15 is 0 Å². The first kappa shape index (κ1) is 21.1. The summed E-state index contributed by atoms with van der Waals surface area (Å²) in [6.45, 7) is 16.5. The zero-order chi connectivity index (χ0) is 21.1. The molecule has 0 aliphatic carbocycles. The molecule has 0 saturated heterocycles. The second-order valence-corrected chi connectivity index (χ2v) is 7.64. The van der Waals surface area contributed by atoms with E-state index in [4.69, 9.17) is 0 Å². The van der Waals surface area contributed by atoms with E-state index in [-0.39, 0.29) is 11.7 Å². The van der Waals surface area contributed by atoms with Crippen LogP contribution < -0.4 is 10.6 Å². The van der Waals surface area contributed by atoms with Gasteiger partial charge in [-0.2, -0.15) is 0 Å². The maximum Gasteiger partial charge on any atom is 0.232 e. The van der Waals surface area contributed by atoms with E-state index in [2.05, 4.69) is 40.9 Å². The Balaban J connectivity index is 1.74. The van der Waals surface area contributed by atoms with Gasteiger partial charge in [-0.15, -0.1) is 0 Å². The second-order valence-electron chi connectivity index (χ2n) is 7.64. The zero-order valence-corrected chi connectivity index (χ0v) is 17.8. The highest BCUT2D eigenvalue weighted by atomic mass is 19.1. The van der Waals surface area contributed by atoms with Crippen LogP contribution in [0.15, 0.2) is 24.8 Å². The molecule has 0 bridgehead atoms. The Hall–Kier alpha value is -2.60. The number of carbonyl (C=O) groups excluding carboxylic acids is 1. The van der Waals surface area contributed by atoms with Crippen LogP contribution >= 0.6 is 0 Å². The van der Waals surface area contributed by atoms with Gasteiger partial charge in [0.25, 0.3) is 0 Å². The van der Waals surface area contributed by atoms with Crippen molar-refractivity contribution in [3.05, 3.63) is 58.7 Å². The van der Waals surface area contributed by atoms with Crippen molar-refractivity contribution in [2.75, 3.05) is 31.5 Å². The van der Waals surface area contributed by atoms with Crippen LogP contribution in [0.3, 0.4) is 0 Å². The third-order valence-electron chi connectivity index (χ3n) is 5.88. The number of H-pyrrole nitrogens is 1. The minimum Gasteiger partial charge on any atom is -0.384 e. The third-order valence-corrected chi connectivity index (χ3v) is 5.88. The number of benzene rings is 1. The second kappa shape index (κ2) is 8.82. The first-order chi connectivity index (χ1) is 13.8. The Morgan fingerprint density at radius 2 is 2.00 bits per heavy atom. The summed E-state index contributed by atoms with van der Waals surface area (Å²) in [5.41, 5.74) is 6.47. The molecule has 1 atom stereocenters. The summed E-state index contributed by atoms with van der Waals surface area (Å²) in [7, 11) is 0. The summed E-state index contributed by atoms with van der Waals surface area (Å²) >= 11 is 0. The van der Waals surface area contributed by atoms with E-state index in [1.54, 1.807) is 6.07 Å². The van der Waals surface area contributed by atoms with Crippen LogP contribution in [0.1, 0.15) is 47.8 Å². The van der Waals surface area contributed by atoms with Crippen molar-refractivity contribution < 1.29 is 9.18 Å². The maximum atomic E-state index is 13.7. The van der Waals surface area contributed by atoms with E-state index in [0.717, 1.165) is 60.0 Å². The molecule has 2 aromatic rings. The number of carbonyl (C=O) groups is 1. The molecule has 5 nitrogen and oxygen atoms in total. The summed E-state index contributed by atoms with van der Waals surface area (Å²) in [4.78, 5) is 18.2. The predicted molar refractivity (Wildman–Crippen MR) is 117 cm³/mol. The standard InChI is InChI=1S/C23H31FN4O/c1-6-28(7-2)11-10-25-15(4)22-14(3)21(26-16(22)5)13-19-18-12-17(24)8-9-20(18)27-23(19)29/h8-9,12,19,25-26H,4,6-7,10-11,13H2,1-3,5H3,(H,27,29). The Labute approximate surface area is 172 Å². The minimum absolute atomic E-state index is 0.0880. The summed E-state index contributed by atoms with van der Waals surface area (Å²) in [6.07, 6.45) is 0.502. The van der Waals surface area contributed by atoms with Gasteiger partial charge in [0.1, 0.15) is 5.82 Å². The summed E-state index contributed by atoms with van der Waals surface area (Å²) in [5, 5.41) is 6.29. The van der Waals surface area contributed by atoms with E-state index in [1.807, 2.05) is 13.8 Å². The van der Waals surface area contributed by atoms with Crippen LogP contribution in [0.5, 0.6) is 0 Å². The van der Waals surface area contributed by atoms with Crippen LogP contribution in [0.4, 0.5) is 10.1 Å². The molecule has 1 aromatic heterocycles. The molecule has 1 amide bonds. The zero-order valence-electron chi connectivity index (χ0n) is 17.8. The fourth-order valence-corrected chi connectivity index (χ4v) is 4.17. The van der Waals surface area contributed by atoms with Gasteiger partial charge in [-0.3, -0.25) is 4.79 Å². The van der Waals surface area contributed by atoms with Crippen molar-refractivity contribution in [3.63, 3.8) is 0 Å². The van der Waals surface area contributed by atoms with Gasteiger partial charge in [0.2, 0.25) is 5.91 Å². The van der Waals surface area contributed by atoms with Gasteiger partial charge in [0.05, 0.1) is 5.92 Å². The fourth-order valence-electron chi connectivity index (χ4n) is 4.17. The number of rotatable bonds is 9. The summed E-state index contributed by atoms with van der Waals surface area (Å²) in [5.74, 6) is -0.805. The molecule has 2 heterocycles. The van der Waals surface area contributed by atoms with E-state index in [9.17, 15) is 9.18 Å². The lowest BCUT2D eigenvalue weighted by molar-refractivity contribution is -0.117. The Morgan fingerprint density at radius 1 is 1.28 bits per heavy atom. The van der Waals surface area contributed by atoms with Crippen molar-refractivity contribution in [2.45, 2.75) is 40.0 Å². The molecule has 6 heteroatoms. The van der Waals surface area contributed by atoms with Gasteiger partial charge < -0.3 is 20.5 Å². The minimum atomic E-state index is -0.394. The van der Waals surface area contributed by atoms with Crippen molar-refractivity contribution in [1.29, 1.82) is 0 Å². The number of likely N-dealkylation sites (N-methyl/N-ethyl adjacent to an activating group) is 1. The third kappa shape index (κ3) is 4.37. The fraction of sp³-hybridized carbons (Fsp3) is 0.435. The molecule has 0 saturated carbocycles. The van der Waals surface area contributed by atoms with Gasteiger partial charge in [0, 0.05) is 47.8 Å². The molecule has 3 N–H and O–H groups in total. The largest absolute Gasteiger partial charge is 0.384 e. The number of hydrogen-bond acceptors (Lipinski definition) is 3. The average Bonchev–Trinajstić information content (AvgIpc) is 3.14. The quantitative estimate of drug-likeness (QED) is 0.599. The monoisotopic (exact) mass is 398 g/mol. The Bertz CT molecular complexity index is 914. The number of nitrogens with zero attached hydrogens (tertiary/aromatic N) is 1. The van der Waals surface area contributed by atoms with Crippen LogP contribution in [-0.2, 0) is 11.2 Å². The molecule has 0 fully saturated rings. The number of nitrogens with one attached hydrogen (secondary N) is 3. The highest BCUT2D eigenvalue weighted by molar-refractivity contribution is 6.03. The van der Waals surface area contributed by atoms with Gasteiger partial charge in [-0.25, -0.2) is 4.39 Å². The number of hydrogen-bond donors (Lipinski definition) is 3. The van der Waals surface area contributed by atoms with Gasteiger partial charge in [-0.1, -0.05) is 20.4 Å². The molecule has 29 heavy (non-hydrogen) atoms. The number of fused-ring (bicyclic) bond motifs is 1. The van der Waals surface area contributed by atoms with Gasteiger partial charge in [0.15, 0.2) is 0 Å². The number of amides is 1. The lowest BCUT2D eigenvalue weighted by atomic mass is 9.93. The molecule has 1 aliphatic rings. The molecule has 3 rings (SSSR count). The average molecular weight is 399 g/mol. The Morgan fingerprint density at radius 3 is 2.69 bits per heavy atom. The normalized spacial score (nSPS) is 15.5.